The van der Waals surface area contributed by atoms with Gasteiger partial charge < -0.3 is 9.47 Å². The van der Waals surface area contributed by atoms with E-state index in [9.17, 15) is 0 Å². The van der Waals surface area contributed by atoms with E-state index in [0.717, 1.165) is 25.6 Å². The van der Waals surface area contributed by atoms with Crippen molar-refractivity contribution in [2.75, 3.05) is 17.6 Å². The van der Waals surface area contributed by atoms with Crippen molar-refractivity contribution >= 4 is 22.6 Å². The van der Waals surface area contributed by atoms with Gasteiger partial charge in [-0.25, -0.2) is 0 Å². The van der Waals surface area contributed by atoms with Crippen LogP contribution in [0.2, 0.25) is 0 Å². The van der Waals surface area contributed by atoms with Crippen molar-refractivity contribution in [2.24, 2.45) is 11.8 Å². The van der Waals surface area contributed by atoms with Crippen molar-refractivity contribution in [1.82, 2.24) is 0 Å². The number of halogens is 1. The van der Waals surface area contributed by atoms with Crippen LogP contribution in [0, 0.1) is 11.8 Å². The third kappa shape index (κ3) is 5.35. The van der Waals surface area contributed by atoms with E-state index in [4.69, 9.17) is 9.47 Å². The summed E-state index contributed by atoms with van der Waals surface area (Å²) in [4.78, 5) is 0. The Labute approximate surface area is 144 Å². The van der Waals surface area contributed by atoms with Gasteiger partial charge in [-0.05, 0) is 36.0 Å². The average Bonchev–Trinajstić information content (AvgIpc) is 2.95. The summed E-state index contributed by atoms with van der Waals surface area (Å²) < 4.78 is 13.6. The van der Waals surface area contributed by atoms with Crippen LogP contribution in [-0.4, -0.2) is 23.4 Å². The van der Waals surface area contributed by atoms with E-state index in [1.54, 1.807) is 0 Å². The van der Waals surface area contributed by atoms with E-state index >= 15 is 0 Å². The molecule has 0 N–H and O–H groups in total. The van der Waals surface area contributed by atoms with Crippen molar-refractivity contribution in [1.29, 1.82) is 0 Å². The fourth-order valence-corrected chi connectivity index (χ4v) is 4.65. The van der Waals surface area contributed by atoms with Gasteiger partial charge in [0.05, 0.1) is 13.2 Å². The maximum Gasteiger partial charge on any atom is 0.171 e. The maximum atomic E-state index is 6.16. The molecule has 0 aromatic heterocycles. The molecule has 0 radical (unpaired) electrons. The van der Waals surface area contributed by atoms with Crippen LogP contribution in [0.4, 0.5) is 0 Å². The lowest BCUT2D eigenvalue weighted by molar-refractivity contribution is -0.224. The quantitative estimate of drug-likeness (QED) is 0.276. The lowest BCUT2D eigenvalue weighted by atomic mass is 9.73. The van der Waals surface area contributed by atoms with Crippen LogP contribution in [0.25, 0.3) is 0 Å². The molecule has 21 heavy (non-hydrogen) atoms. The average molecular weight is 408 g/mol. The van der Waals surface area contributed by atoms with Crippen LogP contribution in [0.3, 0.4) is 0 Å². The second kappa shape index (κ2) is 9.71. The maximum absolute atomic E-state index is 6.16. The first-order chi connectivity index (χ1) is 10.3. The Kier molecular flexibility index (Phi) is 8.32. The van der Waals surface area contributed by atoms with E-state index in [-0.39, 0.29) is 5.79 Å². The summed E-state index contributed by atoms with van der Waals surface area (Å²) in [5.74, 6) is 1.29. The molecule has 2 nitrogen and oxygen atoms in total. The molecule has 2 atom stereocenters. The van der Waals surface area contributed by atoms with Crippen LogP contribution >= 0.6 is 22.6 Å². The number of alkyl halides is 1. The first-order valence-electron chi connectivity index (χ1n) is 9.14. The second-order valence-electron chi connectivity index (χ2n) is 6.89. The summed E-state index contributed by atoms with van der Waals surface area (Å²) in [7, 11) is 0. The van der Waals surface area contributed by atoms with Gasteiger partial charge in [0.25, 0.3) is 0 Å². The van der Waals surface area contributed by atoms with Gasteiger partial charge in [-0.15, -0.1) is 0 Å². The monoisotopic (exact) mass is 408 g/mol. The largest absolute Gasteiger partial charge is 0.347 e. The molecule has 0 bridgehead atoms. The highest BCUT2D eigenvalue weighted by atomic mass is 127. The van der Waals surface area contributed by atoms with Gasteiger partial charge in [0.1, 0.15) is 0 Å². The summed E-state index contributed by atoms with van der Waals surface area (Å²) in [6, 6.07) is 0. The van der Waals surface area contributed by atoms with Gasteiger partial charge in [-0.3, -0.25) is 0 Å². The van der Waals surface area contributed by atoms with Gasteiger partial charge in [0.15, 0.2) is 5.79 Å². The Morgan fingerprint density at radius 1 is 0.952 bits per heavy atom. The SMILES string of the molecule is CCCCC[C@H]1CC[C@H](CCCCCI)CC12OCCO2. The fourth-order valence-electron chi connectivity index (χ4n) is 4.11. The molecule has 0 amide bonds. The summed E-state index contributed by atoms with van der Waals surface area (Å²) >= 11 is 2.49. The second-order valence-corrected chi connectivity index (χ2v) is 7.97. The molecule has 1 aliphatic carbocycles. The minimum Gasteiger partial charge on any atom is -0.347 e. The van der Waals surface area contributed by atoms with Crippen LogP contribution in [0.15, 0.2) is 0 Å². The van der Waals surface area contributed by atoms with Crippen molar-refractivity contribution < 1.29 is 9.47 Å². The van der Waals surface area contributed by atoms with Crippen LogP contribution in [0.1, 0.15) is 77.6 Å². The van der Waals surface area contributed by atoms with Gasteiger partial charge in [-0.2, -0.15) is 0 Å². The molecule has 0 aromatic rings. The highest BCUT2D eigenvalue weighted by Gasteiger charge is 2.47. The van der Waals surface area contributed by atoms with Crippen molar-refractivity contribution in [2.45, 2.75) is 83.3 Å². The highest BCUT2D eigenvalue weighted by Crippen LogP contribution is 2.46. The lowest BCUT2D eigenvalue weighted by Gasteiger charge is -2.43. The molecule has 1 spiro atoms. The molecule has 1 saturated heterocycles. The van der Waals surface area contributed by atoms with Gasteiger partial charge in [-0.1, -0.05) is 68.0 Å². The van der Waals surface area contributed by atoms with Gasteiger partial charge in [0.2, 0.25) is 0 Å². The van der Waals surface area contributed by atoms with Gasteiger partial charge in [0, 0.05) is 12.3 Å². The van der Waals surface area contributed by atoms with E-state index < -0.39 is 0 Å². The summed E-state index contributed by atoms with van der Waals surface area (Å²) in [6.07, 6.45) is 14.7. The predicted octanol–water partition coefficient (Wildman–Crippen LogP) is 5.72. The molecule has 1 heterocycles. The molecule has 1 saturated carbocycles. The topological polar surface area (TPSA) is 18.5 Å². The third-order valence-corrected chi connectivity index (χ3v) is 6.06. The standard InChI is InChI=1S/C18H33IO2/c1-2-3-5-9-17-11-10-16(8-6-4-7-12-19)15-18(17)20-13-14-21-18/h16-17H,2-15H2,1H3/t16-,17-/m0/s1. The molecule has 2 rings (SSSR count). The number of hydrogen-bond acceptors (Lipinski definition) is 2. The number of hydrogen-bond donors (Lipinski definition) is 0. The van der Waals surface area contributed by atoms with E-state index in [0.29, 0.717) is 5.92 Å². The minimum absolute atomic E-state index is 0.195. The lowest BCUT2D eigenvalue weighted by Crippen LogP contribution is -2.44. The molecule has 0 aromatic carbocycles. The van der Waals surface area contributed by atoms with E-state index in [2.05, 4.69) is 29.5 Å². The zero-order valence-electron chi connectivity index (χ0n) is 13.7. The molecule has 2 fully saturated rings. The Balaban J connectivity index is 1.81. The molecular weight excluding hydrogens is 375 g/mol. The minimum atomic E-state index is -0.195. The van der Waals surface area contributed by atoms with E-state index in [1.165, 1.54) is 68.6 Å². The first kappa shape index (κ1) is 18.0. The van der Waals surface area contributed by atoms with Crippen LogP contribution in [0.5, 0.6) is 0 Å². The first-order valence-corrected chi connectivity index (χ1v) is 10.7. The molecule has 2 aliphatic rings. The predicted molar refractivity (Wildman–Crippen MR) is 97.0 cm³/mol. The summed E-state index contributed by atoms with van der Waals surface area (Å²) in [5, 5.41) is 0. The Bertz CT molecular complexity index is 276. The van der Waals surface area contributed by atoms with Crippen molar-refractivity contribution in [3.8, 4) is 0 Å². The van der Waals surface area contributed by atoms with Gasteiger partial charge >= 0.3 is 0 Å². The molecule has 1 aliphatic heterocycles. The highest BCUT2D eigenvalue weighted by molar-refractivity contribution is 14.1. The zero-order valence-corrected chi connectivity index (χ0v) is 15.9. The summed E-state index contributed by atoms with van der Waals surface area (Å²) in [5.41, 5.74) is 0. The van der Waals surface area contributed by atoms with Crippen molar-refractivity contribution in [3.05, 3.63) is 0 Å². The third-order valence-electron chi connectivity index (χ3n) is 5.30. The Morgan fingerprint density at radius 3 is 2.43 bits per heavy atom. The Morgan fingerprint density at radius 2 is 1.71 bits per heavy atom. The normalized spacial score (nSPS) is 28.3. The Hall–Kier alpha value is 0.650. The van der Waals surface area contributed by atoms with Crippen molar-refractivity contribution in [3.63, 3.8) is 0 Å². The molecule has 124 valence electrons. The van der Waals surface area contributed by atoms with Crippen LogP contribution < -0.4 is 0 Å². The summed E-state index contributed by atoms with van der Waals surface area (Å²) in [6.45, 7) is 3.91. The zero-order chi connectivity index (χ0) is 15.0. The number of ether oxygens (including phenoxy) is 2. The molecular formula is C18H33IO2. The van der Waals surface area contributed by atoms with E-state index in [1.807, 2.05) is 0 Å². The number of rotatable bonds is 9. The van der Waals surface area contributed by atoms with Crippen LogP contribution in [-0.2, 0) is 9.47 Å². The number of unbranched alkanes of at least 4 members (excludes halogenated alkanes) is 4. The molecule has 3 heteroatoms. The fraction of sp³-hybridized carbons (Fsp3) is 1.00. The molecule has 0 unspecified atom stereocenters. The smallest absolute Gasteiger partial charge is 0.171 e.